The van der Waals surface area contributed by atoms with Crippen molar-refractivity contribution in [3.05, 3.63) is 59.9 Å². The van der Waals surface area contributed by atoms with Gasteiger partial charge < -0.3 is 5.73 Å². The van der Waals surface area contributed by atoms with Crippen molar-refractivity contribution in [2.75, 3.05) is 0 Å². The number of primary amides is 1. The molecular weight excluding hydrogens is 245 g/mol. The standard InChI is InChI=1S/C14H12FN3O/c15-12-6-3-5-10(8-12)13-7-2-1-4-11(13)9-17-18-14(16)19/h1-9H,(H3,16,18,19). The number of carbonyl (C=O) groups is 1. The van der Waals surface area contributed by atoms with Crippen molar-refractivity contribution in [3.8, 4) is 11.1 Å². The van der Waals surface area contributed by atoms with Gasteiger partial charge in [0.1, 0.15) is 5.82 Å². The molecule has 0 aromatic heterocycles. The van der Waals surface area contributed by atoms with Gasteiger partial charge in [-0.25, -0.2) is 14.6 Å². The minimum absolute atomic E-state index is 0.306. The van der Waals surface area contributed by atoms with Crippen LogP contribution in [0.4, 0.5) is 9.18 Å². The van der Waals surface area contributed by atoms with Crippen molar-refractivity contribution in [1.82, 2.24) is 5.43 Å². The number of amides is 2. The van der Waals surface area contributed by atoms with Crippen molar-refractivity contribution in [1.29, 1.82) is 0 Å². The lowest BCUT2D eigenvalue weighted by atomic mass is 10.0. The van der Waals surface area contributed by atoms with Gasteiger partial charge in [0.2, 0.25) is 0 Å². The number of nitrogens with two attached hydrogens (primary N) is 1. The molecule has 2 amide bonds. The zero-order valence-electron chi connectivity index (χ0n) is 10.0. The molecule has 2 rings (SSSR count). The van der Waals surface area contributed by atoms with Crippen molar-refractivity contribution < 1.29 is 9.18 Å². The van der Waals surface area contributed by atoms with Crippen molar-refractivity contribution in [2.45, 2.75) is 0 Å². The van der Waals surface area contributed by atoms with Crippen LogP contribution in [0.1, 0.15) is 5.56 Å². The van der Waals surface area contributed by atoms with E-state index in [1.54, 1.807) is 12.1 Å². The van der Waals surface area contributed by atoms with Crippen LogP contribution >= 0.6 is 0 Å². The highest BCUT2D eigenvalue weighted by atomic mass is 19.1. The fraction of sp³-hybridized carbons (Fsp3) is 0. The van der Waals surface area contributed by atoms with Crippen LogP contribution in [0.25, 0.3) is 11.1 Å². The van der Waals surface area contributed by atoms with E-state index in [-0.39, 0.29) is 5.82 Å². The first-order chi connectivity index (χ1) is 9.16. The SMILES string of the molecule is NC(=O)NN=Cc1ccccc1-c1cccc(F)c1. The number of rotatable bonds is 3. The molecule has 96 valence electrons. The van der Waals surface area contributed by atoms with E-state index in [1.807, 2.05) is 24.3 Å². The molecule has 0 fully saturated rings. The molecule has 0 atom stereocenters. The molecule has 3 N–H and O–H groups in total. The van der Waals surface area contributed by atoms with E-state index >= 15 is 0 Å². The Hall–Kier alpha value is -2.69. The highest BCUT2D eigenvalue weighted by Crippen LogP contribution is 2.23. The van der Waals surface area contributed by atoms with Crippen molar-refractivity contribution in [2.24, 2.45) is 10.8 Å². The van der Waals surface area contributed by atoms with Crippen LogP contribution in [0.15, 0.2) is 53.6 Å². The lowest BCUT2D eigenvalue weighted by Gasteiger charge is -2.05. The summed E-state index contributed by atoms with van der Waals surface area (Å²) in [5.41, 5.74) is 9.34. The summed E-state index contributed by atoms with van der Waals surface area (Å²) in [6.07, 6.45) is 1.46. The minimum atomic E-state index is -0.737. The summed E-state index contributed by atoms with van der Waals surface area (Å²) in [7, 11) is 0. The topological polar surface area (TPSA) is 67.5 Å². The fourth-order valence-electron chi connectivity index (χ4n) is 1.69. The zero-order chi connectivity index (χ0) is 13.7. The molecule has 0 aliphatic heterocycles. The third-order valence-corrected chi connectivity index (χ3v) is 2.47. The second-order valence-electron chi connectivity index (χ2n) is 3.83. The molecule has 0 saturated carbocycles. The molecule has 19 heavy (non-hydrogen) atoms. The number of urea groups is 1. The molecule has 0 radical (unpaired) electrons. The minimum Gasteiger partial charge on any atom is -0.350 e. The van der Waals surface area contributed by atoms with E-state index in [2.05, 4.69) is 10.5 Å². The van der Waals surface area contributed by atoms with E-state index in [0.717, 1.165) is 16.7 Å². The zero-order valence-corrected chi connectivity index (χ0v) is 10.0. The Morgan fingerprint density at radius 1 is 1.21 bits per heavy atom. The van der Waals surface area contributed by atoms with Gasteiger partial charge in [0, 0.05) is 5.56 Å². The monoisotopic (exact) mass is 257 g/mol. The van der Waals surface area contributed by atoms with Crippen LogP contribution in [0, 0.1) is 5.82 Å². The number of nitrogens with zero attached hydrogens (tertiary/aromatic N) is 1. The number of hydrogen-bond donors (Lipinski definition) is 2. The fourth-order valence-corrected chi connectivity index (χ4v) is 1.69. The second-order valence-corrected chi connectivity index (χ2v) is 3.83. The first-order valence-electron chi connectivity index (χ1n) is 5.60. The number of carbonyl (C=O) groups excluding carboxylic acids is 1. The molecule has 0 spiro atoms. The number of hydrogen-bond acceptors (Lipinski definition) is 2. The van der Waals surface area contributed by atoms with Gasteiger partial charge in [-0.2, -0.15) is 5.10 Å². The molecule has 0 saturated heterocycles. The quantitative estimate of drug-likeness (QED) is 0.643. The maximum Gasteiger partial charge on any atom is 0.332 e. The molecule has 0 bridgehead atoms. The van der Waals surface area contributed by atoms with Crippen LogP contribution in [-0.2, 0) is 0 Å². The van der Waals surface area contributed by atoms with Crippen LogP contribution < -0.4 is 11.2 Å². The Labute approximate surface area is 109 Å². The van der Waals surface area contributed by atoms with E-state index in [1.165, 1.54) is 18.3 Å². The highest BCUT2D eigenvalue weighted by Gasteiger charge is 2.03. The number of benzene rings is 2. The summed E-state index contributed by atoms with van der Waals surface area (Å²) in [4.78, 5) is 10.5. The Morgan fingerprint density at radius 2 is 2.00 bits per heavy atom. The first kappa shape index (κ1) is 12.8. The lowest BCUT2D eigenvalue weighted by Crippen LogP contribution is -2.24. The molecule has 0 unspecified atom stereocenters. The molecule has 0 aliphatic rings. The number of hydrazone groups is 1. The number of nitrogens with one attached hydrogen (secondary N) is 1. The van der Waals surface area contributed by atoms with Crippen LogP contribution in [-0.4, -0.2) is 12.2 Å². The summed E-state index contributed by atoms with van der Waals surface area (Å²) in [5, 5.41) is 3.71. The summed E-state index contributed by atoms with van der Waals surface area (Å²) in [6, 6.07) is 12.9. The molecular formula is C14H12FN3O. The van der Waals surface area contributed by atoms with Gasteiger partial charge >= 0.3 is 6.03 Å². The summed E-state index contributed by atoms with van der Waals surface area (Å²) >= 11 is 0. The van der Waals surface area contributed by atoms with Crippen molar-refractivity contribution in [3.63, 3.8) is 0 Å². The van der Waals surface area contributed by atoms with Gasteiger partial charge in [0.25, 0.3) is 0 Å². The highest BCUT2D eigenvalue weighted by molar-refractivity contribution is 5.90. The molecule has 0 aliphatic carbocycles. The predicted molar refractivity (Wildman–Crippen MR) is 72.1 cm³/mol. The molecule has 0 heterocycles. The maximum absolute atomic E-state index is 13.2. The average Bonchev–Trinajstić information content (AvgIpc) is 2.39. The summed E-state index contributed by atoms with van der Waals surface area (Å²) < 4.78 is 13.2. The van der Waals surface area contributed by atoms with E-state index in [0.29, 0.717) is 0 Å². The van der Waals surface area contributed by atoms with Gasteiger partial charge in [-0.15, -0.1) is 0 Å². The van der Waals surface area contributed by atoms with E-state index < -0.39 is 6.03 Å². The second kappa shape index (κ2) is 5.77. The predicted octanol–water partition coefficient (Wildman–Crippen LogP) is 2.49. The van der Waals surface area contributed by atoms with Gasteiger partial charge in [0.05, 0.1) is 6.21 Å². The van der Waals surface area contributed by atoms with Gasteiger partial charge in [-0.1, -0.05) is 36.4 Å². The lowest BCUT2D eigenvalue weighted by molar-refractivity contribution is 0.249. The third kappa shape index (κ3) is 3.38. The van der Waals surface area contributed by atoms with Crippen LogP contribution in [0.5, 0.6) is 0 Å². The van der Waals surface area contributed by atoms with Crippen LogP contribution in [0.3, 0.4) is 0 Å². The molecule has 4 nitrogen and oxygen atoms in total. The molecule has 2 aromatic rings. The summed E-state index contributed by atoms with van der Waals surface area (Å²) in [6.45, 7) is 0. The third-order valence-electron chi connectivity index (χ3n) is 2.47. The smallest absolute Gasteiger partial charge is 0.332 e. The van der Waals surface area contributed by atoms with Gasteiger partial charge in [-0.3, -0.25) is 0 Å². The average molecular weight is 257 g/mol. The van der Waals surface area contributed by atoms with Crippen molar-refractivity contribution >= 4 is 12.2 Å². The largest absolute Gasteiger partial charge is 0.350 e. The molecule has 2 aromatic carbocycles. The maximum atomic E-state index is 13.2. The number of halogens is 1. The Balaban J connectivity index is 2.36. The first-order valence-corrected chi connectivity index (χ1v) is 5.60. The Morgan fingerprint density at radius 3 is 2.74 bits per heavy atom. The van der Waals surface area contributed by atoms with Gasteiger partial charge in [-0.05, 0) is 23.3 Å². The Kier molecular flexibility index (Phi) is 3.87. The summed E-state index contributed by atoms with van der Waals surface area (Å²) in [5.74, 6) is -0.306. The van der Waals surface area contributed by atoms with Crippen LogP contribution in [0.2, 0.25) is 0 Å². The van der Waals surface area contributed by atoms with Gasteiger partial charge in [0.15, 0.2) is 0 Å². The van der Waals surface area contributed by atoms with E-state index in [4.69, 9.17) is 5.73 Å². The molecule has 5 heteroatoms. The normalized spacial score (nSPS) is 10.6. The van der Waals surface area contributed by atoms with E-state index in [9.17, 15) is 9.18 Å². The Bertz CT molecular complexity index is 626.